The normalized spacial score (nSPS) is 14.0. The van der Waals surface area contributed by atoms with Gasteiger partial charge in [-0.05, 0) is 35.8 Å². The molecular weight excluding hydrogens is 258 g/mol. The highest BCUT2D eigenvalue weighted by Crippen LogP contribution is 2.37. The maximum absolute atomic E-state index is 10.8. The summed E-state index contributed by atoms with van der Waals surface area (Å²) in [6, 6.07) is 6.02. The molecule has 0 heterocycles. The van der Waals surface area contributed by atoms with E-state index in [1.807, 2.05) is 0 Å². The standard InChI is InChI=1S/C14H23NO3Si/c1-14(2,3)19(4,5)18-11-8-6-10(7-9-11)12(15)13(16)17/h6-9,12H,15H2,1-5H3,(H,16,17)/t12-/m0/s1. The highest BCUT2D eigenvalue weighted by Gasteiger charge is 2.38. The molecule has 1 atom stereocenters. The van der Waals surface area contributed by atoms with Crippen molar-refractivity contribution in [2.45, 2.75) is 44.9 Å². The molecule has 5 heteroatoms. The molecular formula is C14H23NO3Si. The van der Waals surface area contributed by atoms with Crippen LogP contribution in [0.1, 0.15) is 32.4 Å². The van der Waals surface area contributed by atoms with Crippen LogP contribution in [-0.4, -0.2) is 19.4 Å². The summed E-state index contributed by atoms with van der Waals surface area (Å²) in [5.41, 5.74) is 6.13. The van der Waals surface area contributed by atoms with E-state index in [0.29, 0.717) is 5.56 Å². The minimum atomic E-state index is -1.86. The predicted molar refractivity (Wildman–Crippen MR) is 78.8 cm³/mol. The Balaban J connectivity index is 2.86. The van der Waals surface area contributed by atoms with Gasteiger partial charge in [-0.3, -0.25) is 4.79 Å². The van der Waals surface area contributed by atoms with Crippen molar-refractivity contribution in [3.8, 4) is 5.75 Å². The van der Waals surface area contributed by atoms with Crippen molar-refractivity contribution in [2.75, 3.05) is 0 Å². The minimum Gasteiger partial charge on any atom is -0.544 e. The predicted octanol–water partition coefficient (Wildman–Crippen LogP) is 3.16. The lowest BCUT2D eigenvalue weighted by Gasteiger charge is -2.36. The van der Waals surface area contributed by atoms with E-state index in [1.165, 1.54) is 0 Å². The summed E-state index contributed by atoms with van der Waals surface area (Å²) in [5.74, 6) is -0.258. The van der Waals surface area contributed by atoms with E-state index in [9.17, 15) is 4.79 Å². The summed E-state index contributed by atoms with van der Waals surface area (Å²) in [6.07, 6.45) is 0. The molecule has 1 aromatic rings. The van der Waals surface area contributed by atoms with E-state index < -0.39 is 20.3 Å². The van der Waals surface area contributed by atoms with Gasteiger partial charge < -0.3 is 15.3 Å². The molecule has 0 aliphatic rings. The van der Waals surface area contributed by atoms with Gasteiger partial charge in [-0.15, -0.1) is 0 Å². The Morgan fingerprint density at radius 3 is 2.11 bits per heavy atom. The zero-order valence-corrected chi connectivity index (χ0v) is 13.2. The smallest absolute Gasteiger partial charge is 0.325 e. The molecule has 4 nitrogen and oxygen atoms in total. The van der Waals surface area contributed by atoms with Crippen LogP contribution in [0.25, 0.3) is 0 Å². The molecule has 1 rings (SSSR count). The van der Waals surface area contributed by atoms with Crippen molar-refractivity contribution in [2.24, 2.45) is 5.73 Å². The maximum atomic E-state index is 10.8. The van der Waals surface area contributed by atoms with Crippen LogP contribution in [-0.2, 0) is 4.79 Å². The molecule has 0 bridgehead atoms. The van der Waals surface area contributed by atoms with E-state index in [2.05, 4.69) is 33.9 Å². The number of aliphatic carboxylic acids is 1. The van der Waals surface area contributed by atoms with Gasteiger partial charge >= 0.3 is 5.97 Å². The number of nitrogens with two attached hydrogens (primary N) is 1. The lowest BCUT2D eigenvalue weighted by Crippen LogP contribution is -2.43. The molecule has 0 saturated heterocycles. The molecule has 0 fully saturated rings. The SMILES string of the molecule is CC(C)(C)[Si](C)(C)Oc1ccc([C@H](N)C(=O)O)cc1. The van der Waals surface area contributed by atoms with Crippen LogP contribution in [0.5, 0.6) is 5.75 Å². The first kappa shape index (κ1) is 15.7. The first-order valence-electron chi connectivity index (χ1n) is 6.32. The van der Waals surface area contributed by atoms with Crippen molar-refractivity contribution in [1.82, 2.24) is 0 Å². The van der Waals surface area contributed by atoms with Crippen molar-refractivity contribution < 1.29 is 14.3 Å². The van der Waals surface area contributed by atoms with Crippen molar-refractivity contribution >= 4 is 14.3 Å². The minimum absolute atomic E-state index is 0.128. The van der Waals surface area contributed by atoms with E-state index in [0.717, 1.165) is 5.75 Å². The highest BCUT2D eigenvalue weighted by atomic mass is 28.4. The van der Waals surface area contributed by atoms with Crippen LogP contribution >= 0.6 is 0 Å². The third kappa shape index (κ3) is 3.81. The summed E-state index contributed by atoms with van der Waals surface area (Å²) in [6.45, 7) is 10.9. The molecule has 0 radical (unpaired) electrons. The molecule has 0 amide bonds. The van der Waals surface area contributed by atoms with Gasteiger partial charge in [-0.1, -0.05) is 32.9 Å². The Kier molecular flexibility index (Phi) is 4.42. The van der Waals surface area contributed by atoms with Crippen LogP contribution in [0.15, 0.2) is 24.3 Å². The number of rotatable bonds is 4. The van der Waals surface area contributed by atoms with Gasteiger partial charge in [-0.2, -0.15) is 0 Å². The number of carboxylic acid groups (broad SMARTS) is 1. The van der Waals surface area contributed by atoms with Crippen LogP contribution < -0.4 is 10.2 Å². The topological polar surface area (TPSA) is 72.5 Å². The number of hydrogen-bond donors (Lipinski definition) is 2. The lowest BCUT2D eigenvalue weighted by molar-refractivity contribution is -0.138. The molecule has 0 spiro atoms. The highest BCUT2D eigenvalue weighted by molar-refractivity contribution is 6.74. The zero-order valence-electron chi connectivity index (χ0n) is 12.2. The van der Waals surface area contributed by atoms with E-state index in [1.54, 1.807) is 24.3 Å². The van der Waals surface area contributed by atoms with Crippen molar-refractivity contribution in [1.29, 1.82) is 0 Å². The average molecular weight is 281 g/mol. The summed E-state index contributed by atoms with van der Waals surface area (Å²) < 4.78 is 6.11. The van der Waals surface area contributed by atoms with Gasteiger partial charge in [0.05, 0.1) is 0 Å². The van der Waals surface area contributed by atoms with Crippen LogP contribution in [0.2, 0.25) is 18.1 Å². The Morgan fingerprint density at radius 2 is 1.74 bits per heavy atom. The average Bonchev–Trinajstić information content (AvgIpc) is 2.27. The largest absolute Gasteiger partial charge is 0.544 e. The Bertz CT molecular complexity index is 449. The van der Waals surface area contributed by atoms with Crippen LogP contribution in [0.4, 0.5) is 0 Å². The second kappa shape index (κ2) is 5.34. The molecule has 19 heavy (non-hydrogen) atoms. The fourth-order valence-corrected chi connectivity index (χ4v) is 2.37. The van der Waals surface area contributed by atoms with E-state index >= 15 is 0 Å². The fraction of sp³-hybridized carbons (Fsp3) is 0.500. The number of carboxylic acids is 1. The number of carbonyl (C=O) groups is 1. The van der Waals surface area contributed by atoms with Gasteiger partial charge in [0.25, 0.3) is 0 Å². The Hall–Kier alpha value is -1.33. The second-order valence-corrected chi connectivity index (χ2v) is 11.0. The quantitative estimate of drug-likeness (QED) is 0.832. The van der Waals surface area contributed by atoms with Gasteiger partial charge in [0.15, 0.2) is 0 Å². The number of hydrogen-bond acceptors (Lipinski definition) is 3. The first-order chi connectivity index (χ1) is 8.54. The third-order valence-electron chi connectivity index (χ3n) is 3.68. The van der Waals surface area contributed by atoms with Crippen molar-refractivity contribution in [3.05, 3.63) is 29.8 Å². The Labute approximate surface area is 115 Å². The molecule has 1 aromatic carbocycles. The van der Waals surface area contributed by atoms with Gasteiger partial charge in [-0.25, -0.2) is 0 Å². The molecule has 0 saturated carbocycles. The molecule has 3 N–H and O–H groups in total. The van der Waals surface area contributed by atoms with Gasteiger partial charge in [0, 0.05) is 0 Å². The van der Waals surface area contributed by atoms with Crippen molar-refractivity contribution in [3.63, 3.8) is 0 Å². The number of benzene rings is 1. The van der Waals surface area contributed by atoms with Gasteiger partial charge in [0.2, 0.25) is 8.32 Å². The molecule has 0 unspecified atom stereocenters. The molecule has 0 aliphatic carbocycles. The molecule has 106 valence electrons. The summed E-state index contributed by atoms with van der Waals surface area (Å²) in [4.78, 5) is 10.8. The van der Waals surface area contributed by atoms with Crippen LogP contribution in [0.3, 0.4) is 0 Å². The second-order valence-electron chi connectivity index (χ2n) is 6.25. The maximum Gasteiger partial charge on any atom is 0.325 e. The summed E-state index contributed by atoms with van der Waals surface area (Å²) in [5, 5.41) is 8.98. The summed E-state index contributed by atoms with van der Waals surface area (Å²) in [7, 11) is -1.86. The zero-order chi connectivity index (χ0) is 14.8. The van der Waals surface area contributed by atoms with Gasteiger partial charge in [0.1, 0.15) is 11.8 Å². The van der Waals surface area contributed by atoms with E-state index in [-0.39, 0.29) is 5.04 Å². The first-order valence-corrected chi connectivity index (χ1v) is 9.23. The fourth-order valence-electron chi connectivity index (χ4n) is 1.33. The third-order valence-corrected chi connectivity index (χ3v) is 8.04. The molecule has 0 aliphatic heterocycles. The lowest BCUT2D eigenvalue weighted by atomic mass is 10.1. The van der Waals surface area contributed by atoms with E-state index in [4.69, 9.17) is 15.3 Å². The monoisotopic (exact) mass is 281 g/mol. The summed E-state index contributed by atoms with van der Waals surface area (Å²) >= 11 is 0. The molecule has 0 aromatic heterocycles. The Morgan fingerprint density at radius 1 is 1.26 bits per heavy atom. The van der Waals surface area contributed by atoms with Crippen LogP contribution in [0, 0.1) is 0 Å².